The van der Waals surface area contributed by atoms with Crippen molar-refractivity contribution in [1.29, 1.82) is 0 Å². The molecule has 0 aromatic carbocycles. The Bertz CT molecular complexity index is 2510. The van der Waals surface area contributed by atoms with Crippen molar-refractivity contribution in [3.63, 3.8) is 0 Å². The molecular weight excluding hydrogens is 1270 g/mol. The Morgan fingerprint density at radius 2 is 0.524 bits per heavy atom. The summed E-state index contributed by atoms with van der Waals surface area (Å²) >= 11 is 0. The van der Waals surface area contributed by atoms with Gasteiger partial charge in [0.15, 0.2) is 6.10 Å². The van der Waals surface area contributed by atoms with Crippen LogP contribution in [0.2, 0.25) is 0 Å². The summed E-state index contributed by atoms with van der Waals surface area (Å²) in [4.78, 5) is 37.8. The molecule has 2 unspecified atom stereocenters. The third-order valence-corrected chi connectivity index (χ3v) is 16.7. The zero-order valence-electron chi connectivity index (χ0n) is 66.1. The monoisotopic (exact) mass is 1420 g/mol. The van der Waals surface area contributed by atoms with Crippen LogP contribution in [0.1, 0.15) is 296 Å². The Balaban J connectivity index is 4.14. The van der Waals surface area contributed by atoms with Gasteiger partial charge in [-0.15, -0.1) is 0 Å². The Morgan fingerprint density at radius 1 is 0.291 bits per heavy atom. The largest absolute Gasteiger partial charge is 0.477 e. The van der Waals surface area contributed by atoms with Gasteiger partial charge < -0.3 is 28.5 Å². The molecule has 1 N–H and O–H groups in total. The molecule has 2 atom stereocenters. The highest BCUT2D eigenvalue weighted by Gasteiger charge is 2.25. The van der Waals surface area contributed by atoms with E-state index in [1.165, 1.54) is 96.3 Å². The fourth-order valence-electron chi connectivity index (χ4n) is 10.6. The summed E-state index contributed by atoms with van der Waals surface area (Å²) in [5.74, 6) is -2.04. The van der Waals surface area contributed by atoms with Gasteiger partial charge in [0, 0.05) is 12.8 Å². The Labute approximate surface area is 632 Å². The summed E-state index contributed by atoms with van der Waals surface area (Å²) in [7, 11) is 5.96. The number of hydrogen-bond acceptors (Lipinski definition) is 7. The summed E-state index contributed by atoms with van der Waals surface area (Å²) < 4.78 is 23.0. The molecule has 0 aromatic heterocycles. The lowest BCUT2D eigenvalue weighted by Gasteiger charge is -2.25. The van der Waals surface area contributed by atoms with Crippen molar-refractivity contribution in [1.82, 2.24) is 0 Å². The predicted molar refractivity (Wildman–Crippen MR) is 446 cm³/mol. The minimum absolute atomic E-state index is 0.174. The topological polar surface area (TPSA) is 108 Å². The van der Waals surface area contributed by atoms with Gasteiger partial charge in [-0.25, -0.2) is 4.79 Å². The van der Waals surface area contributed by atoms with Crippen LogP contribution >= 0.6 is 0 Å². The lowest BCUT2D eigenvalue weighted by atomic mass is 10.0. The van der Waals surface area contributed by atoms with Crippen molar-refractivity contribution in [2.45, 2.75) is 309 Å². The van der Waals surface area contributed by atoms with E-state index in [2.05, 4.69) is 233 Å². The Kier molecular flexibility index (Phi) is 76.2. The average molecular weight is 1420 g/mol. The van der Waals surface area contributed by atoms with Crippen molar-refractivity contribution < 1.29 is 42.9 Å². The Morgan fingerprint density at radius 3 is 0.777 bits per heavy atom. The molecule has 0 amide bonds. The van der Waals surface area contributed by atoms with Gasteiger partial charge in [-0.1, -0.05) is 348 Å². The van der Waals surface area contributed by atoms with E-state index in [1.54, 1.807) is 0 Å². The molecule has 0 bridgehead atoms. The number of carboxylic acids is 1. The van der Waals surface area contributed by atoms with Crippen molar-refractivity contribution >= 4 is 17.9 Å². The highest BCUT2D eigenvalue weighted by atomic mass is 16.7. The second-order valence-corrected chi connectivity index (χ2v) is 27.6. The molecule has 0 aliphatic heterocycles. The second-order valence-electron chi connectivity index (χ2n) is 27.6. The maximum atomic E-state index is 13.0. The maximum Gasteiger partial charge on any atom is 0.361 e. The standard InChI is InChI=1S/C94H149NO8/c1-6-8-10-12-14-16-18-20-22-24-26-28-30-32-34-36-38-40-42-44-46-48-50-52-54-56-58-60-62-64-66-68-70-72-74-76-78-80-82-84-91(96)101-88-90(89-102-94(93(98)99)100-87-86-95(3,4)5)103-92(97)85-83-81-79-77-75-73-71-69-67-65-63-61-59-57-55-53-51-49-47-45-43-41-39-37-35-33-31-29-27-25-23-21-19-17-15-13-11-9-7-2/h8-11,14-17,20-23,26-29,32-35,38-41,44-47,51,53,57,59,63,65,69,71,90,94H,6-7,12-13,18-19,24-25,30-31,36-37,42-43,48-50,52,54-56,58,60-62,64,66-68,70,72-89H2,1-5H3/p+1/b10-8-,11-9-,16-14-,17-15-,22-20-,23-21-,28-26-,29-27-,34-32-,35-33-,40-38-,41-39-,46-44-,47-45-,53-51-,59-57-,65-63-,71-69-. The summed E-state index contributed by atoms with van der Waals surface area (Å²) in [5, 5.41) is 9.78. The van der Waals surface area contributed by atoms with Crippen LogP contribution in [0.5, 0.6) is 0 Å². The summed E-state index contributed by atoms with van der Waals surface area (Å²) in [6.07, 6.45) is 125. The number of esters is 2. The van der Waals surface area contributed by atoms with Crippen LogP contribution in [0.15, 0.2) is 219 Å². The van der Waals surface area contributed by atoms with Crippen LogP contribution in [0.25, 0.3) is 0 Å². The van der Waals surface area contributed by atoms with Gasteiger partial charge in [0.1, 0.15) is 13.2 Å². The van der Waals surface area contributed by atoms with Gasteiger partial charge in [-0.05, 0) is 154 Å². The summed E-state index contributed by atoms with van der Waals surface area (Å²) in [5.41, 5.74) is 0. The number of nitrogens with zero attached hydrogens (tertiary/aromatic N) is 1. The summed E-state index contributed by atoms with van der Waals surface area (Å²) in [6, 6.07) is 0. The minimum atomic E-state index is -1.53. The molecule has 0 saturated carbocycles. The van der Waals surface area contributed by atoms with Gasteiger partial charge in [0.05, 0.1) is 34.4 Å². The fraction of sp³-hybridized carbons (Fsp3) is 0.585. The molecule has 0 heterocycles. The van der Waals surface area contributed by atoms with Crippen LogP contribution < -0.4 is 0 Å². The lowest BCUT2D eigenvalue weighted by Crippen LogP contribution is -2.40. The van der Waals surface area contributed by atoms with E-state index in [1.807, 2.05) is 21.1 Å². The van der Waals surface area contributed by atoms with Gasteiger partial charge in [-0.3, -0.25) is 9.59 Å². The number of carbonyl (C=O) groups is 3. The van der Waals surface area contributed by atoms with Crippen molar-refractivity contribution in [2.75, 3.05) is 47.5 Å². The first-order valence-corrected chi connectivity index (χ1v) is 40.9. The zero-order chi connectivity index (χ0) is 74.6. The third-order valence-electron chi connectivity index (χ3n) is 16.7. The number of allylic oxidation sites excluding steroid dienone is 36. The predicted octanol–water partition coefficient (Wildman–Crippen LogP) is 26.8. The quantitative estimate of drug-likeness (QED) is 0.0211. The fourth-order valence-corrected chi connectivity index (χ4v) is 10.6. The third kappa shape index (κ3) is 82.8. The first-order chi connectivity index (χ1) is 50.6. The molecule has 0 spiro atoms. The first-order valence-electron chi connectivity index (χ1n) is 40.9. The number of aliphatic carboxylic acids is 1. The van der Waals surface area contributed by atoms with E-state index in [0.29, 0.717) is 17.4 Å². The van der Waals surface area contributed by atoms with E-state index in [0.717, 1.165) is 167 Å². The molecule has 9 heteroatoms. The number of hydrogen-bond donors (Lipinski definition) is 1. The number of carbonyl (C=O) groups excluding carboxylic acids is 2. The molecule has 103 heavy (non-hydrogen) atoms. The molecule has 578 valence electrons. The Hall–Kier alpha value is -6.39. The minimum Gasteiger partial charge on any atom is -0.477 e. The molecule has 0 aliphatic rings. The van der Waals surface area contributed by atoms with Gasteiger partial charge in [-0.2, -0.15) is 0 Å². The van der Waals surface area contributed by atoms with Crippen LogP contribution in [-0.4, -0.2) is 87.4 Å². The lowest BCUT2D eigenvalue weighted by molar-refractivity contribution is -0.870. The second kappa shape index (κ2) is 81.3. The van der Waals surface area contributed by atoms with E-state index in [4.69, 9.17) is 18.9 Å². The maximum absolute atomic E-state index is 13.0. The number of ether oxygens (including phenoxy) is 4. The molecule has 0 saturated heterocycles. The summed E-state index contributed by atoms with van der Waals surface area (Å²) in [6.45, 7) is 4.62. The molecule has 0 radical (unpaired) electrons. The van der Waals surface area contributed by atoms with Gasteiger partial charge in [0.25, 0.3) is 6.29 Å². The number of rotatable bonds is 73. The van der Waals surface area contributed by atoms with Crippen LogP contribution in [-0.2, 0) is 33.3 Å². The molecule has 0 fully saturated rings. The molecular formula is C94H150NO8+. The first kappa shape index (κ1) is 96.6. The van der Waals surface area contributed by atoms with E-state index in [-0.39, 0.29) is 38.6 Å². The van der Waals surface area contributed by atoms with E-state index >= 15 is 0 Å². The van der Waals surface area contributed by atoms with E-state index < -0.39 is 24.3 Å². The van der Waals surface area contributed by atoms with Crippen LogP contribution in [0.3, 0.4) is 0 Å². The van der Waals surface area contributed by atoms with Gasteiger partial charge in [0.2, 0.25) is 0 Å². The highest BCUT2D eigenvalue weighted by Crippen LogP contribution is 2.17. The molecule has 0 aliphatic carbocycles. The molecule has 0 aromatic rings. The van der Waals surface area contributed by atoms with Crippen LogP contribution in [0, 0.1) is 0 Å². The van der Waals surface area contributed by atoms with Crippen molar-refractivity contribution in [2.24, 2.45) is 0 Å². The van der Waals surface area contributed by atoms with Gasteiger partial charge >= 0.3 is 17.9 Å². The number of likely N-dealkylation sites (N-methyl/N-ethyl adjacent to an activating group) is 1. The molecule has 9 nitrogen and oxygen atoms in total. The molecule has 0 rings (SSSR count). The average Bonchev–Trinajstić information content (AvgIpc) is 0.985. The number of unbranched alkanes of at least 4 members (excludes halogenated alkanes) is 22. The number of quaternary nitrogens is 1. The number of carboxylic acid groups (broad SMARTS) is 1. The SMILES string of the molecule is CC/C=C\C/C=C\C/C=C\C/C=C\C/C=C\C/C=C\C/C=C\C/C=C\C/C=C\C/C=C\C/C=C\CCCCCCCC(=O)OC(COC(=O)CCCCCCCCCCCCCCCCCCC/C=C\C/C=C\C/C=C\C/C=C\C/C=C\C/C=C\C/C=C\CC)COC(OCC[N+](C)(C)C)C(=O)O. The van der Waals surface area contributed by atoms with Crippen molar-refractivity contribution in [3.05, 3.63) is 219 Å². The smallest absolute Gasteiger partial charge is 0.361 e. The zero-order valence-corrected chi connectivity index (χ0v) is 66.1. The van der Waals surface area contributed by atoms with E-state index in [9.17, 15) is 19.5 Å². The van der Waals surface area contributed by atoms with Crippen LogP contribution in [0.4, 0.5) is 0 Å². The highest BCUT2D eigenvalue weighted by molar-refractivity contribution is 5.71. The van der Waals surface area contributed by atoms with Crippen molar-refractivity contribution in [3.8, 4) is 0 Å². The normalized spacial score (nSPS) is 13.8.